The molecule has 0 fully saturated rings. The van der Waals surface area contributed by atoms with Crippen LogP contribution in [0.5, 0.6) is 5.75 Å². The van der Waals surface area contributed by atoms with E-state index < -0.39 is 11.5 Å². The van der Waals surface area contributed by atoms with Crippen molar-refractivity contribution in [3.63, 3.8) is 0 Å². The molecule has 24 heavy (non-hydrogen) atoms. The summed E-state index contributed by atoms with van der Waals surface area (Å²) in [6.07, 6.45) is 0.747. The van der Waals surface area contributed by atoms with E-state index in [2.05, 4.69) is 5.32 Å². The van der Waals surface area contributed by atoms with Gasteiger partial charge in [0.1, 0.15) is 11.3 Å². The van der Waals surface area contributed by atoms with Gasteiger partial charge in [-0.1, -0.05) is 36.4 Å². The van der Waals surface area contributed by atoms with E-state index in [1.807, 2.05) is 36.4 Å². The predicted molar refractivity (Wildman–Crippen MR) is 89.1 cm³/mol. The van der Waals surface area contributed by atoms with Gasteiger partial charge in [0.2, 0.25) is 0 Å². The van der Waals surface area contributed by atoms with Gasteiger partial charge in [-0.25, -0.2) is 4.79 Å². The second-order valence-electron chi connectivity index (χ2n) is 5.89. The number of amides is 1. The first kappa shape index (κ1) is 16.1. The molecule has 1 amide bonds. The normalized spacial score (nSPS) is 19.2. The van der Waals surface area contributed by atoms with Crippen molar-refractivity contribution in [3.8, 4) is 5.75 Å². The lowest BCUT2D eigenvalue weighted by Gasteiger charge is -2.36. The zero-order valence-electron chi connectivity index (χ0n) is 13.7. The fourth-order valence-electron chi connectivity index (χ4n) is 3.14. The van der Waals surface area contributed by atoms with Gasteiger partial charge < -0.3 is 14.8 Å². The summed E-state index contributed by atoms with van der Waals surface area (Å²) < 4.78 is 10.2. The van der Waals surface area contributed by atoms with Gasteiger partial charge >= 0.3 is 5.97 Å². The minimum absolute atomic E-state index is 0.295. The van der Waals surface area contributed by atoms with Crippen molar-refractivity contribution in [1.29, 1.82) is 0 Å². The lowest BCUT2D eigenvalue weighted by atomic mass is 9.80. The molecule has 3 rings (SSSR count). The number of hydrogen-bond acceptors (Lipinski definition) is 4. The Morgan fingerprint density at radius 1 is 1.17 bits per heavy atom. The molecule has 5 heteroatoms. The minimum Gasteiger partial charge on any atom is -0.497 e. The fraction of sp³-hybridized carbons (Fsp3) is 0.263. The summed E-state index contributed by atoms with van der Waals surface area (Å²) in [5.74, 6) is -0.129. The molecule has 5 nitrogen and oxygen atoms in total. The molecule has 0 saturated heterocycles. The van der Waals surface area contributed by atoms with E-state index >= 15 is 0 Å². The van der Waals surface area contributed by atoms with Crippen molar-refractivity contribution in [1.82, 2.24) is 5.32 Å². The van der Waals surface area contributed by atoms with Gasteiger partial charge in [-0.3, -0.25) is 4.79 Å². The molecule has 0 aliphatic carbocycles. The molecule has 1 aliphatic heterocycles. The first-order chi connectivity index (χ1) is 11.6. The smallest absolute Gasteiger partial charge is 0.332 e. The van der Waals surface area contributed by atoms with Gasteiger partial charge in [0.15, 0.2) is 0 Å². The van der Waals surface area contributed by atoms with E-state index in [1.165, 1.54) is 7.11 Å². The molecule has 0 spiro atoms. The zero-order valence-corrected chi connectivity index (χ0v) is 13.7. The maximum absolute atomic E-state index is 12.6. The Hall–Kier alpha value is -2.82. The van der Waals surface area contributed by atoms with Crippen molar-refractivity contribution in [2.45, 2.75) is 18.4 Å². The van der Waals surface area contributed by atoms with Crippen LogP contribution in [0.15, 0.2) is 48.5 Å². The van der Waals surface area contributed by atoms with Crippen LogP contribution in [0.25, 0.3) is 0 Å². The molecule has 1 unspecified atom stereocenters. The third-order valence-electron chi connectivity index (χ3n) is 4.33. The standard InChI is InChI=1S/C19H19NO4/c1-23-15-9-8-14-12-19(18(22)24-2,20-17(21)16(14)10-15)11-13-6-4-3-5-7-13/h3-10H,11-12H2,1-2H3,(H,20,21). The number of methoxy groups -OCH3 is 2. The molecule has 0 saturated carbocycles. The van der Waals surface area contributed by atoms with Crippen molar-refractivity contribution in [2.75, 3.05) is 14.2 Å². The van der Waals surface area contributed by atoms with Gasteiger partial charge in [0.05, 0.1) is 14.2 Å². The summed E-state index contributed by atoms with van der Waals surface area (Å²) in [4.78, 5) is 25.1. The topological polar surface area (TPSA) is 64.6 Å². The molecule has 124 valence electrons. The van der Waals surface area contributed by atoms with Crippen LogP contribution >= 0.6 is 0 Å². The summed E-state index contributed by atoms with van der Waals surface area (Å²) in [7, 11) is 2.89. The van der Waals surface area contributed by atoms with E-state index in [9.17, 15) is 9.59 Å². The molecular weight excluding hydrogens is 306 g/mol. The number of nitrogens with one attached hydrogen (secondary N) is 1. The molecule has 1 N–H and O–H groups in total. The number of ether oxygens (including phenoxy) is 2. The maximum Gasteiger partial charge on any atom is 0.332 e. The van der Waals surface area contributed by atoms with Crippen LogP contribution in [0, 0.1) is 0 Å². The quantitative estimate of drug-likeness (QED) is 0.875. The van der Waals surface area contributed by atoms with Gasteiger partial charge in [0.25, 0.3) is 5.91 Å². The third-order valence-corrected chi connectivity index (χ3v) is 4.33. The van der Waals surface area contributed by atoms with Gasteiger partial charge in [-0.2, -0.15) is 0 Å². The fourth-order valence-corrected chi connectivity index (χ4v) is 3.14. The maximum atomic E-state index is 12.6. The first-order valence-electron chi connectivity index (χ1n) is 7.70. The van der Waals surface area contributed by atoms with Crippen LogP contribution < -0.4 is 10.1 Å². The summed E-state index contributed by atoms with van der Waals surface area (Å²) in [5, 5.41) is 2.87. The van der Waals surface area contributed by atoms with Crippen molar-refractivity contribution >= 4 is 11.9 Å². The Bertz CT molecular complexity index is 772. The van der Waals surface area contributed by atoms with Crippen LogP contribution in [0.4, 0.5) is 0 Å². The number of esters is 1. The summed E-state index contributed by atoms with van der Waals surface area (Å²) >= 11 is 0. The molecule has 1 aliphatic rings. The van der Waals surface area contributed by atoms with E-state index in [4.69, 9.17) is 9.47 Å². The van der Waals surface area contributed by atoms with E-state index in [0.717, 1.165) is 11.1 Å². The molecular formula is C19H19NO4. The minimum atomic E-state index is -1.10. The molecule has 1 atom stereocenters. The van der Waals surface area contributed by atoms with Crippen LogP contribution in [-0.4, -0.2) is 31.6 Å². The number of fused-ring (bicyclic) bond motifs is 1. The molecule has 1 heterocycles. The highest BCUT2D eigenvalue weighted by Gasteiger charge is 2.45. The Morgan fingerprint density at radius 2 is 1.92 bits per heavy atom. The highest BCUT2D eigenvalue weighted by molar-refractivity contribution is 6.02. The first-order valence-corrected chi connectivity index (χ1v) is 7.70. The lowest BCUT2D eigenvalue weighted by molar-refractivity contribution is -0.148. The van der Waals surface area contributed by atoms with Gasteiger partial charge in [0, 0.05) is 18.4 Å². The summed E-state index contributed by atoms with van der Waals surface area (Å²) in [6, 6.07) is 14.9. The second kappa shape index (κ2) is 6.35. The lowest BCUT2D eigenvalue weighted by Crippen LogP contribution is -2.60. The van der Waals surface area contributed by atoms with Crippen LogP contribution in [0.3, 0.4) is 0 Å². The van der Waals surface area contributed by atoms with Crippen LogP contribution in [0.1, 0.15) is 21.5 Å². The molecule has 0 bridgehead atoms. The van der Waals surface area contributed by atoms with E-state index in [-0.39, 0.29) is 5.91 Å². The SMILES string of the molecule is COC(=O)C1(Cc2ccccc2)Cc2ccc(OC)cc2C(=O)N1. The Labute approximate surface area is 140 Å². The number of carbonyl (C=O) groups excluding carboxylic acids is 2. The van der Waals surface area contributed by atoms with Crippen molar-refractivity contribution in [2.24, 2.45) is 0 Å². The van der Waals surface area contributed by atoms with E-state index in [0.29, 0.717) is 24.2 Å². The second-order valence-corrected chi connectivity index (χ2v) is 5.89. The molecule has 2 aromatic carbocycles. The highest BCUT2D eigenvalue weighted by Crippen LogP contribution is 2.30. The molecule has 0 aromatic heterocycles. The van der Waals surface area contributed by atoms with Crippen molar-refractivity contribution < 1.29 is 19.1 Å². The Balaban J connectivity index is 2.01. The van der Waals surface area contributed by atoms with Crippen LogP contribution in [-0.2, 0) is 22.4 Å². The molecule has 0 radical (unpaired) electrons. The number of rotatable bonds is 4. The number of benzene rings is 2. The van der Waals surface area contributed by atoms with Crippen LogP contribution in [0.2, 0.25) is 0 Å². The largest absolute Gasteiger partial charge is 0.497 e. The monoisotopic (exact) mass is 325 g/mol. The average molecular weight is 325 g/mol. The average Bonchev–Trinajstić information content (AvgIpc) is 2.61. The summed E-state index contributed by atoms with van der Waals surface area (Å²) in [5.41, 5.74) is 1.19. The third kappa shape index (κ3) is 2.85. The van der Waals surface area contributed by atoms with Gasteiger partial charge in [-0.15, -0.1) is 0 Å². The highest BCUT2D eigenvalue weighted by atomic mass is 16.5. The Morgan fingerprint density at radius 3 is 2.58 bits per heavy atom. The number of carbonyl (C=O) groups is 2. The van der Waals surface area contributed by atoms with E-state index in [1.54, 1.807) is 19.2 Å². The molecule has 2 aromatic rings. The summed E-state index contributed by atoms with van der Waals surface area (Å²) in [6.45, 7) is 0. The van der Waals surface area contributed by atoms with Crippen molar-refractivity contribution in [3.05, 3.63) is 65.2 Å². The zero-order chi connectivity index (χ0) is 17.2. The number of hydrogen-bond donors (Lipinski definition) is 1. The van der Waals surface area contributed by atoms with Gasteiger partial charge in [-0.05, 0) is 23.3 Å². The Kier molecular flexibility index (Phi) is 4.25. The predicted octanol–water partition coefficient (Wildman–Crippen LogP) is 2.14.